The molecule has 11 heavy (non-hydrogen) atoms. The second-order valence-electron chi connectivity index (χ2n) is 2.84. The Bertz CT molecular complexity index is 183. The van der Waals surface area contributed by atoms with Crippen LogP contribution in [-0.2, 0) is 0 Å². The van der Waals surface area contributed by atoms with Crippen LogP contribution in [0.15, 0.2) is 0 Å². The molecule has 2 aliphatic rings. The van der Waals surface area contributed by atoms with E-state index in [0.717, 1.165) is 6.54 Å². The second kappa shape index (κ2) is 2.57. The van der Waals surface area contributed by atoms with Crippen LogP contribution >= 0.6 is 12.1 Å². The van der Waals surface area contributed by atoms with Crippen molar-refractivity contribution < 1.29 is 9.90 Å². The van der Waals surface area contributed by atoms with Crippen LogP contribution in [-0.4, -0.2) is 38.9 Å². The number of hydrogen-bond donors (Lipinski definition) is 1. The van der Waals surface area contributed by atoms with Gasteiger partial charge in [0.15, 0.2) is 0 Å². The van der Waals surface area contributed by atoms with Gasteiger partial charge >= 0.3 is 6.09 Å². The molecule has 1 heterocycles. The first kappa shape index (κ1) is 7.24. The number of carbonyl (C=O) groups is 1. The highest BCUT2D eigenvalue weighted by Gasteiger charge is 2.36. The molecule has 1 amide bonds. The number of carboxylic acid groups (broad SMARTS) is 1. The highest BCUT2D eigenvalue weighted by molar-refractivity contribution is 7.95. The van der Waals surface area contributed by atoms with Crippen LogP contribution in [0.2, 0.25) is 0 Å². The molecule has 2 rings (SSSR count). The van der Waals surface area contributed by atoms with Gasteiger partial charge < -0.3 is 5.11 Å². The third-order valence-electron chi connectivity index (χ3n) is 1.89. The molecule has 0 atom stereocenters. The highest BCUT2D eigenvalue weighted by Crippen LogP contribution is 2.36. The van der Waals surface area contributed by atoms with Gasteiger partial charge in [0.1, 0.15) is 0 Å². The molecule has 2 fully saturated rings. The van der Waals surface area contributed by atoms with E-state index in [4.69, 9.17) is 5.11 Å². The first-order valence-corrected chi connectivity index (χ1v) is 4.45. The van der Waals surface area contributed by atoms with Crippen molar-refractivity contribution >= 4 is 18.2 Å². The molecule has 0 aromatic heterocycles. The van der Waals surface area contributed by atoms with Crippen LogP contribution in [0, 0.1) is 0 Å². The summed E-state index contributed by atoms with van der Waals surface area (Å²) in [5.74, 6) is 0. The fraction of sp³-hybridized carbons (Fsp3) is 0.833. The third kappa shape index (κ3) is 1.44. The van der Waals surface area contributed by atoms with Crippen LogP contribution in [0.4, 0.5) is 4.79 Å². The number of nitrogens with zero attached hydrogens (tertiary/aromatic N) is 2. The van der Waals surface area contributed by atoms with Crippen LogP contribution in [0.1, 0.15) is 12.8 Å². The summed E-state index contributed by atoms with van der Waals surface area (Å²) < 4.78 is 3.55. The lowest BCUT2D eigenvalue weighted by molar-refractivity contribution is 0.177. The van der Waals surface area contributed by atoms with Crippen molar-refractivity contribution in [2.45, 2.75) is 18.9 Å². The van der Waals surface area contributed by atoms with E-state index >= 15 is 0 Å². The number of hydrogen-bond acceptors (Lipinski definition) is 3. The van der Waals surface area contributed by atoms with Gasteiger partial charge in [-0.3, -0.25) is 0 Å². The Balaban J connectivity index is 1.87. The van der Waals surface area contributed by atoms with E-state index in [-0.39, 0.29) is 0 Å². The second-order valence-corrected chi connectivity index (χ2v) is 3.91. The highest BCUT2D eigenvalue weighted by atomic mass is 32.2. The van der Waals surface area contributed by atoms with Crippen molar-refractivity contribution in [3.05, 3.63) is 0 Å². The van der Waals surface area contributed by atoms with Crippen LogP contribution in [0.3, 0.4) is 0 Å². The molecule has 1 aliphatic heterocycles. The molecule has 0 radical (unpaired) electrons. The molecule has 0 aromatic rings. The summed E-state index contributed by atoms with van der Waals surface area (Å²) in [5, 5.41) is 8.61. The Hall–Kier alpha value is -0.420. The number of amides is 1. The lowest BCUT2D eigenvalue weighted by atomic mass is 10.6. The minimum absolute atomic E-state index is 0.649. The molecule has 0 bridgehead atoms. The molecule has 62 valence electrons. The first-order valence-electron chi connectivity index (χ1n) is 3.72. The smallest absolute Gasteiger partial charge is 0.418 e. The van der Waals surface area contributed by atoms with Gasteiger partial charge in [-0.2, -0.15) is 0 Å². The quantitative estimate of drug-likeness (QED) is 0.602. The zero-order valence-corrected chi connectivity index (χ0v) is 6.88. The van der Waals surface area contributed by atoms with Crippen molar-refractivity contribution in [3.8, 4) is 0 Å². The summed E-state index contributed by atoms with van der Waals surface area (Å²) >= 11 is 1.36. The molecule has 0 spiro atoms. The van der Waals surface area contributed by atoms with Gasteiger partial charge in [-0.1, -0.05) is 0 Å². The topological polar surface area (TPSA) is 43.8 Å². The summed E-state index contributed by atoms with van der Waals surface area (Å²) in [7, 11) is 0. The maximum absolute atomic E-state index is 10.5. The minimum atomic E-state index is -0.821. The zero-order chi connectivity index (χ0) is 7.84. The Labute approximate surface area is 69.4 Å². The Morgan fingerprint density at radius 2 is 2.18 bits per heavy atom. The molecule has 0 aromatic carbocycles. The van der Waals surface area contributed by atoms with Crippen molar-refractivity contribution in [1.82, 2.24) is 8.61 Å². The van der Waals surface area contributed by atoms with E-state index in [2.05, 4.69) is 4.31 Å². The van der Waals surface area contributed by atoms with Gasteiger partial charge in [0, 0.05) is 24.7 Å². The van der Waals surface area contributed by atoms with Gasteiger partial charge in [0.05, 0.1) is 6.54 Å². The van der Waals surface area contributed by atoms with E-state index in [9.17, 15) is 4.79 Å². The van der Waals surface area contributed by atoms with Crippen LogP contribution < -0.4 is 0 Å². The van der Waals surface area contributed by atoms with Crippen LogP contribution in [0.25, 0.3) is 0 Å². The summed E-state index contributed by atoms with van der Waals surface area (Å²) in [6.45, 7) is 1.54. The van der Waals surface area contributed by atoms with E-state index in [1.54, 1.807) is 0 Å². The first-order chi connectivity index (χ1) is 5.27. The molecule has 1 N–H and O–H groups in total. The van der Waals surface area contributed by atoms with Crippen molar-refractivity contribution in [2.75, 3.05) is 13.1 Å². The zero-order valence-electron chi connectivity index (χ0n) is 6.06. The average Bonchev–Trinajstić information content (AvgIpc) is 2.68. The average molecular weight is 174 g/mol. The molecule has 5 heteroatoms. The monoisotopic (exact) mass is 174 g/mol. The van der Waals surface area contributed by atoms with E-state index in [0.29, 0.717) is 12.6 Å². The standard InChI is InChI=1S/C6H10N2O2S/c9-6(10)8-4-3-7(11-8)5-1-2-5/h5H,1-4H2,(H,9,10). The van der Waals surface area contributed by atoms with Gasteiger partial charge in [0.2, 0.25) is 0 Å². The van der Waals surface area contributed by atoms with Gasteiger partial charge in [-0.15, -0.1) is 0 Å². The summed E-state index contributed by atoms with van der Waals surface area (Å²) in [4.78, 5) is 10.5. The normalized spacial score (nSPS) is 26.0. The van der Waals surface area contributed by atoms with Crippen molar-refractivity contribution in [1.29, 1.82) is 0 Å². The van der Waals surface area contributed by atoms with E-state index in [1.165, 1.54) is 29.3 Å². The third-order valence-corrected chi connectivity index (χ3v) is 3.12. The minimum Gasteiger partial charge on any atom is -0.464 e. The Morgan fingerprint density at radius 3 is 2.64 bits per heavy atom. The van der Waals surface area contributed by atoms with Crippen molar-refractivity contribution in [2.24, 2.45) is 0 Å². The Kier molecular flexibility index (Phi) is 1.69. The lowest BCUT2D eigenvalue weighted by Gasteiger charge is -2.11. The molecule has 1 saturated heterocycles. The maximum Gasteiger partial charge on any atom is 0.418 e. The molecule has 1 saturated carbocycles. The molecular formula is C6H10N2O2S. The van der Waals surface area contributed by atoms with E-state index < -0.39 is 6.09 Å². The fourth-order valence-corrected chi connectivity index (χ4v) is 2.13. The Morgan fingerprint density at radius 1 is 1.45 bits per heavy atom. The van der Waals surface area contributed by atoms with Gasteiger partial charge in [0.25, 0.3) is 0 Å². The number of rotatable bonds is 1. The SMILES string of the molecule is O=C(O)N1CCN(C2CC2)S1. The fourth-order valence-electron chi connectivity index (χ4n) is 1.14. The van der Waals surface area contributed by atoms with Gasteiger partial charge in [-0.25, -0.2) is 13.4 Å². The predicted octanol–water partition coefficient (Wildman–Crippen LogP) is 1.01. The summed E-state index contributed by atoms with van der Waals surface area (Å²) in [6.07, 6.45) is 1.65. The van der Waals surface area contributed by atoms with Gasteiger partial charge in [-0.05, 0) is 12.8 Å². The summed E-state index contributed by atoms with van der Waals surface area (Å²) in [6, 6.07) is 0.657. The molecular weight excluding hydrogens is 164 g/mol. The van der Waals surface area contributed by atoms with Crippen LogP contribution in [0.5, 0.6) is 0 Å². The van der Waals surface area contributed by atoms with E-state index in [1.807, 2.05) is 0 Å². The maximum atomic E-state index is 10.5. The van der Waals surface area contributed by atoms with Crippen molar-refractivity contribution in [3.63, 3.8) is 0 Å². The molecule has 0 unspecified atom stereocenters. The summed E-state index contributed by atoms with van der Waals surface area (Å²) in [5.41, 5.74) is 0. The molecule has 4 nitrogen and oxygen atoms in total. The predicted molar refractivity (Wildman–Crippen MR) is 42.0 cm³/mol. The largest absolute Gasteiger partial charge is 0.464 e. The molecule has 1 aliphatic carbocycles. The lowest BCUT2D eigenvalue weighted by Crippen LogP contribution is -2.19.